The summed E-state index contributed by atoms with van der Waals surface area (Å²) in [7, 11) is 1.82. The standard InChI is InChI=1S/C24H19N7O4S2/c1-14-20(22(33)30(28(14)3)17-7-5-4-6-8-17)19-13-36-23(25-19)26-24-29(27-21(37-24)15(2)32)16-9-11-18(12-10-16)31(34)35/h4-13H,1-3H3/b26-24-. The molecule has 0 unspecified atom stereocenters. The molecule has 0 N–H and O–H groups in total. The molecular formula is C24H19N7O4S2. The third kappa shape index (κ3) is 4.45. The molecule has 0 aliphatic heterocycles. The number of rotatable bonds is 6. The van der Waals surface area contributed by atoms with Crippen LogP contribution in [0.2, 0.25) is 0 Å². The maximum atomic E-state index is 13.4. The Balaban J connectivity index is 1.59. The normalized spacial score (nSPS) is 11.7. The largest absolute Gasteiger partial charge is 0.292 e. The van der Waals surface area contributed by atoms with Crippen LogP contribution < -0.4 is 10.4 Å². The average Bonchev–Trinajstić information content (AvgIpc) is 3.57. The highest BCUT2D eigenvalue weighted by molar-refractivity contribution is 7.14. The number of ketones is 1. The zero-order valence-corrected chi connectivity index (χ0v) is 21.5. The van der Waals surface area contributed by atoms with Gasteiger partial charge in [0.05, 0.1) is 27.6 Å². The number of aromatic nitrogens is 5. The smallest absolute Gasteiger partial charge is 0.281 e. The first-order chi connectivity index (χ1) is 17.7. The highest BCUT2D eigenvalue weighted by Crippen LogP contribution is 2.27. The van der Waals surface area contributed by atoms with Crippen LogP contribution in [0.25, 0.3) is 22.6 Å². The zero-order chi connectivity index (χ0) is 26.3. The first kappa shape index (κ1) is 24.2. The SMILES string of the molecule is CC(=O)c1nn(-c2ccc([N+](=O)[O-])cc2)/c(=N/c2nc(-c3c(C)n(C)n(-c4ccccc4)c3=O)cs2)s1. The van der Waals surface area contributed by atoms with Crippen LogP contribution in [0.1, 0.15) is 22.4 Å². The van der Waals surface area contributed by atoms with E-state index in [1.54, 1.807) is 14.7 Å². The number of nitro benzene ring substituents is 1. The molecule has 0 spiro atoms. The molecule has 0 amide bonds. The van der Waals surface area contributed by atoms with E-state index < -0.39 is 4.92 Å². The molecule has 0 saturated carbocycles. The summed E-state index contributed by atoms with van der Waals surface area (Å²) in [5, 5.41) is 17.7. The molecule has 37 heavy (non-hydrogen) atoms. The summed E-state index contributed by atoms with van der Waals surface area (Å²) in [4.78, 5) is 45.4. The van der Waals surface area contributed by atoms with Gasteiger partial charge < -0.3 is 0 Å². The highest BCUT2D eigenvalue weighted by Gasteiger charge is 2.20. The lowest BCUT2D eigenvalue weighted by Crippen LogP contribution is -2.20. The summed E-state index contributed by atoms with van der Waals surface area (Å²) in [5.41, 5.74) is 2.72. The Morgan fingerprint density at radius 3 is 2.43 bits per heavy atom. The predicted molar refractivity (Wildman–Crippen MR) is 140 cm³/mol. The van der Waals surface area contributed by atoms with Gasteiger partial charge in [0.15, 0.2) is 10.8 Å². The van der Waals surface area contributed by atoms with Gasteiger partial charge in [0, 0.05) is 37.2 Å². The summed E-state index contributed by atoms with van der Waals surface area (Å²) in [5.74, 6) is -0.233. The maximum absolute atomic E-state index is 13.4. The Hall–Kier alpha value is -4.49. The van der Waals surface area contributed by atoms with Crippen LogP contribution in [-0.2, 0) is 7.05 Å². The molecule has 5 aromatic rings. The first-order valence-electron chi connectivity index (χ1n) is 10.9. The molecule has 3 aromatic heterocycles. The van der Waals surface area contributed by atoms with E-state index in [0.29, 0.717) is 26.9 Å². The second-order valence-corrected chi connectivity index (χ2v) is 9.79. The number of thiazole rings is 1. The zero-order valence-electron chi connectivity index (χ0n) is 19.9. The molecule has 11 nitrogen and oxygen atoms in total. The summed E-state index contributed by atoms with van der Waals surface area (Å²) in [6.07, 6.45) is 0. The fourth-order valence-electron chi connectivity index (χ4n) is 3.76. The Bertz CT molecular complexity index is 1770. The van der Waals surface area contributed by atoms with Crippen molar-refractivity contribution in [2.24, 2.45) is 12.0 Å². The summed E-state index contributed by atoms with van der Waals surface area (Å²) in [6.45, 7) is 3.26. The van der Waals surface area contributed by atoms with Crippen molar-refractivity contribution in [2.75, 3.05) is 0 Å². The van der Waals surface area contributed by atoms with Crippen LogP contribution >= 0.6 is 22.7 Å². The molecule has 0 fully saturated rings. The Morgan fingerprint density at radius 2 is 1.78 bits per heavy atom. The van der Waals surface area contributed by atoms with Crippen LogP contribution in [0.5, 0.6) is 0 Å². The quantitative estimate of drug-likeness (QED) is 0.183. The van der Waals surface area contributed by atoms with Gasteiger partial charge in [-0.05, 0) is 31.2 Å². The second kappa shape index (κ2) is 9.52. The molecule has 0 aliphatic carbocycles. The van der Waals surface area contributed by atoms with Crippen LogP contribution in [0, 0.1) is 17.0 Å². The van der Waals surface area contributed by atoms with Crippen molar-refractivity contribution in [1.29, 1.82) is 0 Å². The molecule has 0 aliphatic rings. The lowest BCUT2D eigenvalue weighted by atomic mass is 10.2. The van der Waals surface area contributed by atoms with E-state index in [2.05, 4.69) is 15.1 Å². The van der Waals surface area contributed by atoms with Crippen molar-refractivity contribution in [1.82, 2.24) is 24.1 Å². The molecule has 2 aromatic carbocycles. The number of nitrogens with zero attached hydrogens (tertiary/aromatic N) is 7. The Kier molecular flexibility index (Phi) is 6.23. The van der Waals surface area contributed by atoms with Gasteiger partial charge in [0.1, 0.15) is 0 Å². The van der Waals surface area contributed by atoms with Gasteiger partial charge in [0.2, 0.25) is 9.93 Å². The molecule has 0 saturated heterocycles. The van der Waals surface area contributed by atoms with Gasteiger partial charge in [-0.2, -0.15) is 10.1 Å². The van der Waals surface area contributed by atoms with Crippen LogP contribution in [0.3, 0.4) is 0 Å². The van der Waals surface area contributed by atoms with Gasteiger partial charge in [-0.25, -0.2) is 14.3 Å². The third-order valence-corrected chi connectivity index (χ3v) is 7.40. The van der Waals surface area contributed by atoms with Gasteiger partial charge in [-0.3, -0.25) is 24.4 Å². The van der Waals surface area contributed by atoms with Crippen molar-refractivity contribution < 1.29 is 9.72 Å². The molecule has 0 bridgehead atoms. The number of benzene rings is 2. The Labute approximate surface area is 217 Å². The fourth-order valence-corrected chi connectivity index (χ4v) is 5.29. The van der Waals surface area contributed by atoms with E-state index in [9.17, 15) is 19.7 Å². The predicted octanol–water partition coefficient (Wildman–Crippen LogP) is 4.20. The molecule has 186 valence electrons. The fraction of sp³-hybridized carbons (Fsp3) is 0.125. The number of nitro groups is 1. The number of hydrogen-bond donors (Lipinski definition) is 0. The summed E-state index contributed by atoms with van der Waals surface area (Å²) >= 11 is 2.33. The lowest BCUT2D eigenvalue weighted by Gasteiger charge is -2.07. The van der Waals surface area contributed by atoms with E-state index in [1.807, 2.05) is 44.3 Å². The third-order valence-electron chi connectivity index (χ3n) is 5.66. The highest BCUT2D eigenvalue weighted by atomic mass is 32.1. The average molecular weight is 534 g/mol. The van der Waals surface area contributed by atoms with Crippen LogP contribution in [-0.4, -0.2) is 34.8 Å². The van der Waals surface area contributed by atoms with Crippen molar-refractivity contribution in [3.8, 4) is 22.6 Å². The minimum atomic E-state index is -0.490. The van der Waals surface area contributed by atoms with Gasteiger partial charge in [0.25, 0.3) is 11.2 Å². The Morgan fingerprint density at radius 1 is 1.08 bits per heavy atom. The minimum absolute atomic E-state index is 0.0613. The number of hydrogen-bond acceptors (Lipinski definition) is 9. The van der Waals surface area contributed by atoms with Crippen LogP contribution in [0.4, 0.5) is 10.8 Å². The topological polar surface area (TPSA) is 130 Å². The van der Waals surface area contributed by atoms with E-state index >= 15 is 0 Å². The monoisotopic (exact) mass is 533 g/mol. The first-order valence-corrected chi connectivity index (χ1v) is 12.6. The van der Waals surface area contributed by atoms with Crippen molar-refractivity contribution in [3.63, 3.8) is 0 Å². The summed E-state index contributed by atoms with van der Waals surface area (Å²) in [6, 6.07) is 15.1. The van der Waals surface area contributed by atoms with Gasteiger partial charge in [-0.1, -0.05) is 29.5 Å². The van der Waals surface area contributed by atoms with Crippen LogP contribution in [0.15, 0.2) is 69.8 Å². The molecule has 0 radical (unpaired) electrons. The number of carbonyl (C=O) groups is 1. The van der Waals surface area contributed by atoms with E-state index in [1.165, 1.54) is 47.2 Å². The molecule has 5 rings (SSSR count). The molecule has 0 atom stereocenters. The number of Topliss-reactive ketones (excluding diaryl/α,β-unsaturated/α-hetero) is 1. The molecule has 3 heterocycles. The van der Waals surface area contributed by atoms with Crippen molar-refractivity contribution >= 4 is 39.3 Å². The number of non-ortho nitro benzene ring substituents is 1. The van der Waals surface area contributed by atoms with Gasteiger partial charge >= 0.3 is 0 Å². The number of carbonyl (C=O) groups excluding carboxylic acids is 1. The maximum Gasteiger partial charge on any atom is 0.281 e. The molecule has 13 heteroatoms. The minimum Gasteiger partial charge on any atom is -0.292 e. The molecular weight excluding hydrogens is 514 g/mol. The van der Waals surface area contributed by atoms with E-state index in [4.69, 9.17) is 0 Å². The van der Waals surface area contributed by atoms with E-state index in [0.717, 1.165) is 22.7 Å². The van der Waals surface area contributed by atoms with Gasteiger partial charge in [-0.15, -0.1) is 11.3 Å². The summed E-state index contributed by atoms with van der Waals surface area (Å²) < 4.78 is 4.82. The van der Waals surface area contributed by atoms with Crippen molar-refractivity contribution in [3.05, 3.63) is 95.9 Å². The van der Waals surface area contributed by atoms with Crippen molar-refractivity contribution in [2.45, 2.75) is 13.8 Å². The lowest BCUT2D eigenvalue weighted by molar-refractivity contribution is -0.384. The number of para-hydroxylation sites is 1. The van der Waals surface area contributed by atoms with E-state index in [-0.39, 0.29) is 22.0 Å². The second-order valence-electron chi connectivity index (χ2n) is 7.99.